The van der Waals surface area contributed by atoms with Gasteiger partial charge in [0.1, 0.15) is 0 Å². The summed E-state index contributed by atoms with van der Waals surface area (Å²) in [7, 11) is 4.70. The van der Waals surface area contributed by atoms with E-state index in [0.717, 1.165) is 12.1 Å². The fourth-order valence-corrected chi connectivity index (χ4v) is 6.52. The van der Waals surface area contributed by atoms with Gasteiger partial charge in [-0.1, -0.05) is 6.58 Å². The van der Waals surface area contributed by atoms with E-state index < -0.39 is 0 Å². The van der Waals surface area contributed by atoms with Crippen molar-refractivity contribution in [1.29, 1.82) is 0 Å². The standard InChI is InChI=1S/C22H40N4/c1-18(2)25-13-10-22(17-25)7-6-20(24(22)5)14-19(3)26-12-9-21(16-26)8-11-23(4)15-21/h19-20H,1,6-17H2,2-5H3. The Balaban J connectivity index is 1.33. The van der Waals surface area contributed by atoms with E-state index >= 15 is 0 Å². The van der Waals surface area contributed by atoms with Gasteiger partial charge in [0.15, 0.2) is 0 Å². The Morgan fingerprint density at radius 3 is 2.46 bits per heavy atom. The molecule has 0 aromatic heterocycles. The van der Waals surface area contributed by atoms with Crippen molar-refractivity contribution in [3.05, 3.63) is 12.3 Å². The highest BCUT2D eigenvalue weighted by Crippen LogP contribution is 2.43. The number of likely N-dealkylation sites (tertiary alicyclic amines) is 4. The van der Waals surface area contributed by atoms with Gasteiger partial charge >= 0.3 is 0 Å². The zero-order valence-electron chi connectivity index (χ0n) is 17.6. The van der Waals surface area contributed by atoms with E-state index in [2.05, 4.69) is 54.1 Å². The van der Waals surface area contributed by atoms with Crippen molar-refractivity contribution >= 4 is 0 Å². The zero-order chi connectivity index (χ0) is 18.5. The van der Waals surface area contributed by atoms with Gasteiger partial charge < -0.3 is 9.80 Å². The number of hydrogen-bond acceptors (Lipinski definition) is 4. The minimum Gasteiger partial charge on any atom is -0.374 e. The van der Waals surface area contributed by atoms with Gasteiger partial charge in [0.25, 0.3) is 0 Å². The molecule has 4 fully saturated rings. The number of rotatable bonds is 4. The van der Waals surface area contributed by atoms with Gasteiger partial charge in [-0.3, -0.25) is 9.80 Å². The fraction of sp³-hybridized carbons (Fsp3) is 0.909. The number of likely N-dealkylation sites (N-methyl/N-ethyl adjacent to an activating group) is 1. The summed E-state index contributed by atoms with van der Waals surface area (Å²) in [4.78, 5) is 10.6. The Morgan fingerprint density at radius 2 is 1.81 bits per heavy atom. The van der Waals surface area contributed by atoms with E-state index in [4.69, 9.17) is 0 Å². The van der Waals surface area contributed by atoms with Crippen LogP contribution in [0.5, 0.6) is 0 Å². The van der Waals surface area contributed by atoms with Crippen molar-refractivity contribution in [2.24, 2.45) is 5.41 Å². The molecule has 4 atom stereocenters. The van der Waals surface area contributed by atoms with Crippen LogP contribution in [-0.2, 0) is 0 Å². The molecule has 4 unspecified atom stereocenters. The molecule has 0 aliphatic carbocycles. The molecule has 26 heavy (non-hydrogen) atoms. The van der Waals surface area contributed by atoms with Crippen LogP contribution < -0.4 is 0 Å². The van der Waals surface area contributed by atoms with Crippen LogP contribution in [0, 0.1) is 5.41 Å². The Morgan fingerprint density at radius 1 is 1.04 bits per heavy atom. The molecule has 0 aromatic rings. The Kier molecular flexibility index (Phi) is 4.90. The fourth-order valence-electron chi connectivity index (χ4n) is 6.52. The quantitative estimate of drug-likeness (QED) is 0.764. The number of allylic oxidation sites excluding steroid dienone is 1. The summed E-state index contributed by atoms with van der Waals surface area (Å²) in [5, 5.41) is 0. The first-order valence-electron chi connectivity index (χ1n) is 10.9. The molecule has 0 radical (unpaired) electrons. The minimum absolute atomic E-state index is 0.420. The average Bonchev–Trinajstić information content (AvgIpc) is 3.35. The topological polar surface area (TPSA) is 13.0 Å². The first-order valence-corrected chi connectivity index (χ1v) is 10.9. The van der Waals surface area contributed by atoms with E-state index in [9.17, 15) is 0 Å². The Hall–Kier alpha value is -0.580. The number of nitrogens with zero attached hydrogens (tertiary/aromatic N) is 4. The molecular weight excluding hydrogens is 320 g/mol. The second-order valence-electron chi connectivity index (χ2n) is 10.2. The van der Waals surface area contributed by atoms with Gasteiger partial charge in [0.05, 0.1) is 0 Å². The lowest BCUT2D eigenvalue weighted by Gasteiger charge is -2.37. The van der Waals surface area contributed by atoms with Crippen LogP contribution in [0.25, 0.3) is 0 Å². The smallest absolute Gasteiger partial charge is 0.0401 e. The second kappa shape index (κ2) is 6.79. The SMILES string of the molecule is C=C(C)N1CCC2(CCC(CC(C)N3CCC4(CCN(C)C4)C3)N2C)C1. The van der Waals surface area contributed by atoms with Crippen molar-refractivity contribution in [1.82, 2.24) is 19.6 Å². The largest absolute Gasteiger partial charge is 0.374 e. The maximum atomic E-state index is 4.17. The molecule has 4 nitrogen and oxygen atoms in total. The second-order valence-corrected chi connectivity index (χ2v) is 10.2. The summed E-state index contributed by atoms with van der Waals surface area (Å²) in [6, 6.07) is 1.49. The molecule has 148 valence electrons. The zero-order valence-corrected chi connectivity index (χ0v) is 17.6. The maximum Gasteiger partial charge on any atom is 0.0401 e. The lowest BCUT2D eigenvalue weighted by Crippen LogP contribution is -2.48. The molecule has 0 bridgehead atoms. The normalized spacial score (nSPS) is 40.5. The molecule has 4 heterocycles. The molecule has 4 saturated heterocycles. The van der Waals surface area contributed by atoms with Crippen LogP contribution >= 0.6 is 0 Å². The number of hydrogen-bond donors (Lipinski definition) is 0. The molecule has 4 aliphatic heterocycles. The first kappa shape index (κ1) is 18.8. The van der Waals surface area contributed by atoms with Crippen molar-refractivity contribution in [3.8, 4) is 0 Å². The summed E-state index contributed by atoms with van der Waals surface area (Å²) in [5.41, 5.74) is 2.28. The molecule has 0 amide bonds. The van der Waals surface area contributed by atoms with Gasteiger partial charge in [-0.15, -0.1) is 0 Å². The third-order valence-electron chi connectivity index (χ3n) is 8.44. The van der Waals surface area contributed by atoms with Crippen LogP contribution in [0.15, 0.2) is 12.3 Å². The Bertz CT molecular complexity index is 548. The minimum atomic E-state index is 0.420. The van der Waals surface area contributed by atoms with Crippen LogP contribution in [-0.4, -0.2) is 90.6 Å². The molecule has 0 saturated carbocycles. The Labute approximate surface area is 161 Å². The summed E-state index contributed by atoms with van der Waals surface area (Å²) >= 11 is 0. The van der Waals surface area contributed by atoms with Gasteiger partial charge in [0, 0.05) is 49.5 Å². The molecular formula is C22H40N4. The van der Waals surface area contributed by atoms with Gasteiger partial charge in [-0.2, -0.15) is 0 Å². The lowest BCUT2D eigenvalue weighted by atomic mass is 9.86. The summed E-state index contributed by atoms with van der Waals surface area (Å²) in [6.07, 6.45) is 8.25. The molecule has 4 rings (SSSR count). The molecule has 0 aromatic carbocycles. The average molecular weight is 361 g/mol. The van der Waals surface area contributed by atoms with E-state index in [1.54, 1.807) is 0 Å². The van der Waals surface area contributed by atoms with Gasteiger partial charge in [-0.25, -0.2) is 0 Å². The van der Waals surface area contributed by atoms with Crippen LogP contribution in [0.1, 0.15) is 52.4 Å². The van der Waals surface area contributed by atoms with E-state index in [0.29, 0.717) is 11.0 Å². The van der Waals surface area contributed by atoms with Gasteiger partial charge in [0.2, 0.25) is 0 Å². The third-order valence-corrected chi connectivity index (χ3v) is 8.44. The van der Waals surface area contributed by atoms with Crippen molar-refractivity contribution in [2.75, 3.05) is 53.4 Å². The van der Waals surface area contributed by atoms with Crippen molar-refractivity contribution in [2.45, 2.75) is 70.0 Å². The molecule has 0 N–H and O–H groups in total. The summed E-state index contributed by atoms with van der Waals surface area (Å²) in [5.74, 6) is 0. The summed E-state index contributed by atoms with van der Waals surface area (Å²) in [6.45, 7) is 16.5. The lowest BCUT2D eigenvalue weighted by molar-refractivity contribution is 0.112. The monoisotopic (exact) mass is 360 g/mol. The van der Waals surface area contributed by atoms with Crippen molar-refractivity contribution in [3.63, 3.8) is 0 Å². The summed E-state index contributed by atoms with van der Waals surface area (Å²) < 4.78 is 0. The highest BCUT2D eigenvalue weighted by molar-refractivity contribution is 5.09. The van der Waals surface area contributed by atoms with E-state index in [-0.39, 0.29) is 0 Å². The van der Waals surface area contributed by atoms with Crippen LogP contribution in [0.4, 0.5) is 0 Å². The molecule has 4 aliphatic rings. The maximum absolute atomic E-state index is 4.17. The highest BCUT2D eigenvalue weighted by Gasteiger charge is 2.49. The third kappa shape index (κ3) is 3.22. The molecule has 2 spiro atoms. The first-order chi connectivity index (χ1) is 12.3. The van der Waals surface area contributed by atoms with Crippen LogP contribution in [0.2, 0.25) is 0 Å². The highest BCUT2D eigenvalue weighted by atomic mass is 15.3. The predicted molar refractivity (Wildman–Crippen MR) is 109 cm³/mol. The van der Waals surface area contributed by atoms with Gasteiger partial charge in [-0.05, 0) is 85.0 Å². The molecule has 4 heteroatoms. The predicted octanol–water partition coefficient (Wildman–Crippen LogP) is 2.86. The van der Waals surface area contributed by atoms with Crippen LogP contribution in [0.3, 0.4) is 0 Å². The van der Waals surface area contributed by atoms with Crippen molar-refractivity contribution < 1.29 is 0 Å². The van der Waals surface area contributed by atoms with E-state index in [1.165, 1.54) is 83.5 Å². The van der Waals surface area contributed by atoms with E-state index in [1.807, 2.05) is 0 Å².